The molecule has 1 fully saturated rings. The Bertz CT molecular complexity index is 563. The Hall–Kier alpha value is -2.07. The zero-order valence-electron chi connectivity index (χ0n) is 10.2. The first-order chi connectivity index (χ1) is 8.88. The maximum atomic E-state index is 9.00. The second kappa shape index (κ2) is 4.66. The molecule has 18 heavy (non-hydrogen) atoms. The van der Waals surface area contributed by atoms with E-state index in [-0.39, 0.29) is 5.92 Å². The molecule has 88 valence electrons. The van der Waals surface area contributed by atoms with Crippen LogP contribution in [0.5, 0.6) is 0 Å². The minimum Gasteiger partial charge on any atom is -0.198 e. The molecule has 2 atom stereocenters. The van der Waals surface area contributed by atoms with Gasteiger partial charge in [-0.15, -0.1) is 0 Å². The second-order valence-corrected chi connectivity index (χ2v) is 4.91. The molecule has 0 N–H and O–H groups in total. The van der Waals surface area contributed by atoms with Crippen molar-refractivity contribution in [1.82, 2.24) is 0 Å². The van der Waals surface area contributed by atoms with Gasteiger partial charge in [-0.1, -0.05) is 54.6 Å². The molecule has 3 rings (SSSR count). The molecular formula is C17H15N. The van der Waals surface area contributed by atoms with Crippen molar-refractivity contribution in [2.75, 3.05) is 0 Å². The van der Waals surface area contributed by atoms with Crippen LogP contribution in [0.3, 0.4) is 0 Å². The molecule has 0 saturated heterocycles. The third-order valence-corrected chi connectivity index (χ3v) is 3.89. The van der Waals surface area contributed by atoms with Crippen molar-refractivity contribution in [2.24, 2.45) is 5.92 Å². The van der Waals surface area contributed by atoms with E-state index in [9.17, 15) is 0 Å². The summed E-state index contributed by atoms with van der Waals surface area (Å²) in [6.07, 6.45) is 2.21. The van der Waals surface area contributed by atoms with E-state index in [0.717, 1.165) is 12.8 Å². The lowest BCUT2D eigenvalue weighted by molar-refractivity contribution is 0.325. The summed E-state index contributed by atoms with van der Waals surface area (Å²) in [6.45, 7) is 0. The highest BCUT2D eigenvalue weighted by atomic mass is 14.4. The molecule has 0 aromatic heterocycles. The summed E-state index contributed by atoms with van der Waals surface area (Å²) in [5.74, 6) is 0.687. The van der Waals surface area contributed by atoms with E-state index in [1.807, 2.05) is 6.07 Å². The molecule has 0 spiro atoms. The number of hydrogen-bond acceptors (Lipinski definition) is 1. The van der Waals surface area contributed by atoms with Crippen LogP contribution < -0.4 is 0 Å². The van der Waals surface area contributed by atoms with Crippen LogP contribution in [-0.2, 0) is 0 Å². The number of nitrogens with zero attached hydrogens (tertiary/aromatic N) is 1. The molecule has 0 radical (unpaired) electrons. The van der Waals surface area contributed by atoms with E-state index in [4.69, 9.17) is 5.26 Å². The normalized spacial score (nSPS) is 21.9. The van der Waals surface area contributed by atoms with Crippen LogP contribution in [-0.4, -0.2) is 0 Å². The quantitative estimate of drug-likeness (QED) is 0.755. The molecule has 0 bridgehead atoms. The van der Waals surface area contributed by atoms with Crippen LogP contribution in [0.4, 0.5) is 0 Å². The van der Waals surface area contributed by atoms with Gasteiger partial charge < -0.3 is 0 Å². The van der Waals surface area contributed by atoms with Gasteiger partial charge in [-0.2, -0.15) is 5.26 Å². The smallest absolute Gasteiger partial charge is 0.0662 e. The molecule has 1 aliphatic carbocycles. The zero-order valence-corrected chi connectivity index (χ0v) is 10.2. The fraction of sp³-hybridized carbons (Fsp3) is 0.235. The minimum atomic E-state index is 0.229. The summed E-state index contributed by atoms with van der Waals surface area (Å²) < 4.78 is 0. The van der Waals surface area contributed by atoms with Gasteiger partial charge in [-0.25, -0.2) is 0 Å². The second-order valence-electron chi connectivity index (χ2n) is 4.91. The first-order valence-electron chi connectivity index (χ1n) is 6.43. The SMILES string of the molecule is N#CC1CCC1c1ccc(-c2ccccc2)cc1. The van der Waals surface area contributed by atoms with Crippen molar-refractivity contribution in [3.63, 3.8) is 0 Å². The van der Waals surface area contributed by atoms with Crippen LogP contribution in [0.25, 0.3) is 11.1 Å². The van der Waals surface area contributed by atoms with E-state index in [1.165, 1.54) is 16.7 Å². The summed E-state index contributed by atoms with van der Waals surface area (Å²) in [6, 6.07) is 21.5. The minimum absolute atomic E-state index is 0.229. The number of benzene rings is 2. The standard InChI is InChI=1S/C17H15N/c18-12-16-10-11-17(16)15-8-6-14(7-9-15)13-4-2-1-3-5-13/h1-9,16-17H,10-11H2. The maximum absolute atomic E-state index is 9.00. The summed E-state index contributed by atoms with van der Waals surface area (Å²) in [5.41, 5.74) is 3.80. The fourth-order valence-corrected chi connectivity index (χ4v) is 2.61. The van der Waals surface area contributed by atoms with Gasteiger partial charge in [0.2, 0.25) is 0 Å². The molecule has 1 saturated carbocycles. The lowest BCUT2D eigenvalue weighted by Crippen LogP contribution is -2.21. The molecule has 1 heteroatoms. The lowest BCUT2D eigenvalue weighted by Gasteiger charge is -2.31. The van der Waals surface area contributed by atoms with Gasteiger partial charge in [0.15, 0.2) is 0 Å². The number of rotatable bonds is 2. The number of hydrogen-bond donors (Lipinski definition) is 0. The van der Waals surface area contributed by atoms with E-state index in [2.05, 4.69) is 54.6 Å². The fourth-order valence-electron chi connectivity index (χ4n) is 2.61. The monoisotopic (exact) mass is 233 g/mol. The predicted octanol–water partition coefficient (Wildman–Crippen LogP) is 4.37. The van der Waals surface area contributed by atoms with Gasteiger partial charge in [0.05, 0.1) is 12.0 Å². The Morgan fingerprint density at radius 1 is 0.833 bits per heavy atom. The van der Waals surface area contributed by atoms with E-state index < -0.39 is 0 Å². The molecule has 2 aromatic carbocycles. The van der Waals surface area contributed by atoms with Crippen LogP contribution in [0, 0.1) is 17.2 Å². The maximum Gasteiger partial charge on any atom is 0.0662 e. The summed E-state index contributed by atoms with van der Waals surface area (Å²) in [7, 11) is 0. The Morgan fingerprint density at radius 2 is 1.50 bits per heavy atom. The Labute approximate surface area is 108 Å². The van der Waals surface area contributed by atoms with Gasteiger partial charge in [-0.3, -0.25) is 0 Å². The molecule has 2 aromatic rings. The van der Waals surface area contributed by atoms with Gasteiger partial charge in [0.1, 0.15) is 0 Å². The van der Waals surface area contributed by atoms with Crippen molar-refractivity contribution in [3.8, 4) is 17.2 Å². The molecule has 0 amide bonds. The summed E-state index contributed by atoms with van der Waals surface area (Å²) in [4.78, 5) is 0. The first-order valence-corrected chi connectivity index (χ1v) is 6.43. The Balaban J connectivity index is 1.84. The van der Waals surface area contributed by atoms with Crippen LogP contribution in [0.15, 0.2) is 54.6 Å². The van der Waals surface area contributed by atoms with Crippen molar-refractivity contribution in [2.45, 2.75) is 18.8 Å². The Kier molecular flexibility index (Phi) is 2.86. The highest BCUT2D eigenvalue weighted by Gasteiger charge is 2.31. The molecule has 1 nitrogen and oxygen atoms in total. The predicted molar refractivity (Wildman–Crippen MR) is 73.0 cm³/mol. The highest BCUT2D eigenvalue weighted by molar-refractivity contribution is 5.63. The molecular weight excluding hydrogens is 218 g/mol. The van der Waals surface area contributed by atoms with Gasteiger partial charge >= 0.3 is 0 Å². The van der Waals surface area contributed by atoms with Crippen molar-refractivity contribution >= 4 is 0 Å². The van der Waals surface area contributed by atoms with Crippen LogP contribution in [0.2, 0.25) is 0 Å². The summed E-state index contributed by atoms with van der Waals surface area (Å²) >= 11 is 0. The van der Waals surface area contributed by atoms with Gasteiger partial charge in [0, 0.05) is 0 Å². The third-order valence-electron chi connectivity index (χ3n) is 3.89. The van der Waals surface area contributed by atoms with Gasteiger partial charge in [-0.05, 0) is 35.4 Å². The molecule has 1 aliphatic rings. The molecule has 0 aliphatic heterocycles. The highest BCUT2D eigenvalue weighted by Crippen LogP contribution is 2.42. The van der Waals surface area contributed by atoms with Crippen LogP contribution >= 0.6 is 0 Å². The van der Waals surface area contributed by atoms with E-state index in [1.54, 1.807) is 0 Å². The Morgan fingerprint density at radius 3 is 2.06 bits per heavy atom. The number of nitriles is 1. The third kappa shape index (κ3) is 1.91. The first kappa shape index (κ1) is 11.0. The average Bonchev–Trinajstić information content (AvgIpc) is 2.40. The van der Waals surface area contributed by atoms with E-state index >= 15 is 0 Å². The van der Waals surface area contributed by atoms with Crippen LogP contribution in [0.1, 0.15) is 24.3 Å². The van der Waals surface area contributed by atoms with Crippen molar-refractivity contribution in [1.29, 1.82) is 5.26 Å². The molecule has 2 unspecified atom stereocenters. The average molecular weight is 233 g/mol. The largest absolute Gasteiger partial charge is 0.198 e. The zero-order chi connectivity index (χ0) is 12.4. The molecule has 0 heterocycles. The van der Waals surface area contributed by atoms with Crippen molar-refractivity contribution in [3.05, 3.63) is 60.2 Å². The topological polar surface area (TPSA) is 23.8 Å². The van der Waals surface area contributed by atoms with Gasteiger partial charge in [0.25, 0.3) is 0 Å². The summed E-state index contributed by atoms with van der Waals surface area (Å²) in [5, 5.41) is 9.00. The van der Waals surface area contributed by atoms with E-state index in [0.29, 0.717) is 5.92 Å². The van der Waals surface area contributed by atoms with Crippen molar-refractivity contribution < 1.29 is 0 Å². The lowest BCUT2D eigenvalue weighted by atomic mass is 9.71.